The van der Waals surface area contributed by atoms with Crippen LogP contribution < -0.4 is 10.6 Å². The number of aliphatic imine (C=N–C) groups is 1. The summed E-state index contributed by atoms with van der Waals surface area (Å²) in [5, 5.41) is 6.61. The summed E-state index contributed by atoms with van der Waals surface area (Å²) in [6.07, 6.45) is 0.851. The van der Waals surface area contributed by atoms with E-state index in [2.05, 4.69) is 41.6 Å². The minimum atomic E-state index is -0.310. The fraction of sp³-hybridized carbons (Fsp3) is 0.368. The molecule has 142 valence electrons. The van der Waals surface area contributed by atoms with E-state index in [1.165, 1.54) is 16.9 Å². The molecule has 0 unspecified atom stereocenters. The van der Waals surface area contributed by atoms with Crippen LogP contribution in [0.1, 0.15) is 32.6 Å². The highest BCUT2D eigenvalue weighted by atomic mass is 127. The summed E-state index contributed by atoms with van der Waals surface area (Å²) in [5.74, 6) is 0.509. The van der Waals surface area contributed by atoms with Crippen LogP contribution in [0.5, 0.6) is 0 Å². The van der Waals surface area contributed by atoms with E-state index >= 15 is 0 Å². The Morgan fingerprint density at radius 1 is 1.15 bits per heavy atom. The molecule has 0 atom stereocenters. The fourth-order valence-corrected chi connectivity index (χ4v) is 3.13. The van der Waals surface area contributed by atoms with Gasteiger partial charge in [-0.25, -0.2) is 9.79 Å². The lowest BCUT2D eigenvalue weighted by Gasteiger charge is -2.11. The van der Waals surface area contributed by atoms with Crippen LogP contribution in [0.15, 0.2) is 41.4 Å². The van der Waals surface area contributed by atoms with E-state index in [1.807, 2.05) is 12.1 Å². The van der Waals surface area contributed by atoms with Crippen molar-refractivity contribution in [3.05, 3.63) is 57.3 Å². The fourth-order valence-electron chi connectivity index (χ4n) is 2.32. The van der Waals surface area contributed by atoms with Crippen LogP contribution in [0, 0.1) is 6.92 Å². The third kappa shape index (κ3) is 7.33. The van der Waals surface area contributed by atoms with Gasteiger partial charge in [-0.15, -0.1) is 35.3 Å². The largest absolute Gasteiger partial charge is 0.465 e. The quantitative estimate of drug-likeness (QED) is 0.270. The van der Waals surface area contributed by atoms with Gasteiger partial charge in [0.2, 0.25) is 0 Å². The van der Waals surface area contributed by atoms with Gasteiger partial charge < -0.3 is 15.4 Å². The van der Waals surface area contributed by atoms with E-state index in [-0.39, 0.29) is 29.9 Å². The minimum Gasteiger partial charge on any atom is -0.465 e. The van der Waals surface area contributed by atoms with Gasteiger partial charge in [-0.2, -0.15) is 0 Å². The van der Waals surface area contributed by atoms with E-state index in [1.54, 1.807) is 23.5 Å². The Hall–Kier alpha value is -1.61. The number of hydrogen-bond acceptors (Lipinski definition) is 4. The van der Waals surface area contributed by atoms with Gasteiger partial charge >= 0.3 is 5.97 Å². The lowest BCUT2D eigenvalue weighted by molar-refractivity contribution is 0.0600. The summed E-state index contributed by atoms with van der Waals surface area (Å²) in [6, 6.07) is 11.7. The smallest absolute Gasteiger partial charge is 0.337 e. The van der Waals surface area contributed by atoms with Crippen molar-refractivity contribution in [1.29, 1.82) is 0 Å². The van der Waals surface area contributed by atoms with Crippen LogP contribution in [-0.2, 0) is 17.7 Å². The molecule has 0 radical (unpaired) electrons. The number of esters is 1. The molecule has 0 amide bonds. The lowest BCUT2D eigenvalue weighted by atomic mass is 10.1. The molecule has 0 bridgehead atoms. The first kappa shape index (κ1) is 22.4. The Kier molecular flexibility index (Phi) is 10.3. The molecule has 2 aromatic rings. The van der Waals surface area contributed by atoms with E-state index in [0.29, 0.717) is 12.1 Å². The zero-order valence-electron chi connectivity index (χ0n) is 15.4. The molecular formula is C19H26IN3O2S. The number of thiophene rings is 1. The second kappa shape index (κ2) is 11.9. The van der Waals surface area contributed by atoms with Crippen molar-refractivity contribution in [3.63, 3.8) is 0 Å². The number of nitrogens with one attached hydrogen (secondary N) is 2. The maximum absolute atomic E-state index is 11.4. The van der Waals surface area contributed by atoms with Crippen LogP contribution in [-0.4, -0.2) is 32.1 Å². The highest BCUT2D eigenvalue weighted by molar-refractivity contribution is 14.0. The summed E-state index contributed by atoms with van der Waals surface area (Å²) in [4.78, 5) is 18.6. The van der Waals surface area contributed by atoms with E-state index in [9.17, 15) is 4.79 Å². The number of guanidine groups is 1. The van der Waals surface area contributed by atoms with Crippen molar-refractivity contribution in [1.82, 2.24) is 10.6 Å². The zero-order chi connectivity index (χ0) is 18.1. The molecule has 1 aromatic heterocycles. The number of ether oxygens (including phenoxy) is 1. The molecule has 5 nitrogen and oxygen atoms in total. The van der Waals surface area contributed by atoms with Gasteiger partial charge in [0.15, 0.2) is 5.96 Å². The average molecular weight is 487 g/mol. The van der Waals surface area contributed by atoms with Crippen molar-refractivity contribution >= 4 is 47.2 Å². The number of carbonyl (C=O) groups is 1. The van der Waals surface area contributed by atoms with E-state index in [0.717, 1.165) is 31.0 Å². The number of halogens is 1. The molecule has 0 saturated carbocycles. The first-order chi connectivity index (χ1) is 12.1. The molecule has 7 heteroatoms. The third-order valence-electron chi connectivity index (χ3n) is 3.61. The first-order valence-electron chi connectivity index (χ1n) is 8.37. The first-order valence-corrected chi connectivity index (χ1v) is 9.18. The normalized spacial score (nSPS) is 10.8. The number of aryl methyl sites for hydroxylation is 1. The number of rotatable bonds is 7. The molecule has 0 spiro atoms. The molecule has 1 heterocycles. The Morgan fingerprint density at radius 3 is 2.46 bits per heavy atom. The molecule has 2 N–H and O–H groups in total. The average Bonchev–Trinajstić information content (AvgIpc) is 3.05. The van der Waals surface area contributed by atoms with Crippen molar-refractivity contribution < 1.29 is 9.53 Å². The van der Waals surface area contributed by atoms with Crippen LogP contribution in [0.3, 0.4) is 0 Å². The lowest BCUT2D eigenvalue weighted by Crippen LogP contribution is -2.38. The maximum atomic E-state index is 11.4. The second-order valence-electron chi connectivity index (χ2n) is 5.57. The number of carbonyl (C=O) groups excluding carboxylic acids is 1. The summed E-state index contributed by atoms with van der Waals surface area (Å²) in [6.45, 7) is 6.43. The maximum Gasteiger partial charge on any atom is 0.337 e. The predicted molar refractivity (Wildman–Crippen MR) is 119 cm³/mol. The number of methoxy groups -OCH3 is 1. The van der Waals surface area contributed by atoms with Crippen LogP contribution in [0.4, 0.5) is 0 Å². The minimum absolute atomic E-state index is 0. The van der Waals surface area contributed by atoms with Gasteiger partial charge in [0.05, 0.1) is 19.2 Å². The number of benzene rings is 1. The second-order valence-corrected chi connectivity index (χ2v) is 6.95. The molecular weight excluding hydrogens is 461 g/mol. The Bertz CT molecular complexity index is 714. The van der Waals surface area contributed by atoms with E-state index in [4.69, 9.17) is 4.74 Å². The Morgan fingerprint density at radius 2 is 1.88 bits per heavy atom. The van der Waals surface area contributed by atoms with Gasteiger partial charge in [-0.05, 0) is 50.1 Å². The molecule has 0 aliphatic carbocycles. The summed E-state index contributed by atoms with van der Waals surface area (Å²) < 4.78 is 4.71. The monoisotopic (exact) mass is 487 g/mol. The van der Waals surface area contributed by atoms with Crippen molar-refractivity contribution in [2.45, 2.75) is 26.8 Å². The number of nitrogens with zero attached hydrogens (tertiary/aromatic N) is 1. The summed E-state index contributed by atoms with van der Waals surface area (Å²) >= 11 is 1.77. The predicted octanol–water partition coefficient (Wildman–Crippen LogP) is 3.76. The number of hydrogen-bond donors (Lipinski definition) is 2. The van der Waals surface area contributed by atoms with Crippen LogP contribution >= 0.6 is 35.3 Å². The van der Waals surface area contributed by atoms with Crippen LogP contribution in [0.25, 0.3) is 0 Å². The van der Waals surface area contributed by atoms with Gasteiger partial charge in [-0.1, -0.05) is 12.1 Å². The highest BCUT2D eigenvalue weighted by Gasteiger charge is 2.04. The topological polar surface area (TPSA) is 62.7 Å². The summed E-state index contributed by atoms with van der Waals surface area (Å²) in [5.41, 5.74) is 1.73. The van der Waals surface area contributed by atoms with E-state index < -0.39 is 0 Å². The van der Waals surface area contributed by atoms with Gasteiger partial charge in [-0.3, -0.25) is 0 Å². The van der Waals surface area contributed by atoms with Crippen molar-refractivity contribution in [2.75, 3.05) is 20.2 Å². The SMILES string of the molecule is CCNC(=NCc1ccc(C)s1)NCCc1ccc(C(=O)OC)cc1.I. The third-order valence-corrected chi connectivity index (χ3v) is 4.60. The molecule has 2 rings (SSSR count). The van der Waals surface area contributed by atoms with Gasteiger partial charge in [0, 0.05) is 22.8 Å². The van der Waals surface area contributed by atoms with Gasteiger partial charge in [0.25, 0.3) is 0 Å². The Labute approximate surface area is 176 Å². The molecule has 26 heavy (non-hydrogen) atoms. The van der Waals surface area contributed by atoms with Crippen molar-refractivity contribution in [3.8, 4) is 0 Å². The molecule has 1 aromatic carbocycles. The Balaban J connectivity index is 0.00000338. The standard InChI is InChI=1S/C19H25N3O2S.HI/c1-4-20-19(22-13-17-10-5-14(2)25-17)21-12-11-15-6-8-16(9-7-15)18(23)24-3;/h5-10H,4,11-13H2,1-3H3,(H2,20,21,22);1H. The van der Waals surface area contributed by atoms with Gasteiger partial charge in [0.1, 0.15) is 0 Å². The van der Waals surface area contributed by atoms with Crippen molar-refractivity contribution in [2.24, 2.45) is 4.99 Å². The highest BCUT2D eigenvalue weighted by Crippen LogP contribution is 2.15. The molecule has 0 saturated heterocycles. The summed E-state index contributed by atoms with van der Waals surface area (Å²) in [7, 11) is 1.39. The molecule has 0 aliphatic rings. The molecule has 0 aliphatic heterocycles. The van der Waals surface area contributed by atoms with Crippen LogP contribution in [0.2, 0.25) is 0 Å². The zero-order valence-corrected chi connectivity index (χ0v) is 18.5. The molecule has 0 fully saturated rings.